The predicted molar refractivity (Wildman–Crippen MR) is 107 cm³/mol. The Kier molecular flexibility index (Phi) is 4.40. The molecule has 0 radical (unpaired) electrons. The van der Waals surface area contributed by atoms with Crippen molar-refractivity contribution < 1.29 is 4.79 Å². The molecule has 0 bridgehead atoms. The number of nitrogens with zero attached hydrogens (tertiary/aromatic N) is 5. The lowest BCUT2D eigenvalue weighted by Gasteiger charge is -2.27. The molecule has 2 N–H and O–H groups in total. The first kappa shape index (κ1) is 17.1. The van der Waals surface area contributed by atoms with E-state index >= 15 is 0 Å². The number of aromatic nitrogens is 4. The molecule has 144 valence electrons. The van der Waals surface area contributed by atoms with Crippen LogP contribution in [-0.4, -0.2) is 63.8 Å². The van der Waals surface area contributed by atoms with Crippen LogP contribution in [0.1, 0.15) is 12.8 Å². The summed E-state index contributed by atoms with van der Waals surface area (Å²) in [6.07, 6.45) is 7.56. The molecule has 8 nitrogen and oxygen atoms in total. The number of fused-ring (bicyclic) bond motifs is 1. The number of H-pyrrole nitrogens is 1. The largest absolute Gasteiger partial charge is 0.325 e. The molecule has 2 aliphatic heterocycles. The highest BCUT2D eigenvalue weighted by Gasteiger charge is 2.33. The molecule has 0 unspecified atom stereocenters. The van der Waals surface area contributed by atoms with Gasteiger partial charge in [-0.3, -0.25) is 20.0 Å². The third-order valence-electron chi connectivity index (χ3n) is 5.67. The SMILES string of the molecule is O=C1N(CC2CCNCC2)CCN1c1n[nH]c2cnc(-c3cccnc3)cc12. The smallest absolute Gasteiger partial charge is 0.322 e. The highest BCUT2D eigenvalue weighted by Crippen LogP contribution is 2.30. The molecule has 5 rings (SSSR count). The number of pyridine rings is 2. The maximum absolute atomic E-state index is 13.0. The Labute approximate surface area is 163 Å². The standard InChI is InChI=1S/C20H23N7O/c28-20-26(13-14-3-6-21-7-4-14)8-9-27(20)19-16-10-17(15-2-1-5-22-11-15)23-12-18(16)24-25-19/h1-2,5,10-12,14,21H,3-4,6-9,13H2,(H,24,25). The monoisotopic (exact) mass is 377 g/mol. The first-order valence-electron chi connectivity index (χ1n) is 9.81. The van der Waals surface area contributed by atoms with Crippen molar-refractivity contribution in [3.05, 3.63) is 36.8 Å². The van der Waals surface area contributed by atoms with Crippen LogP contribution in [0.5, 0.6) is 0 Å². The van der Waals surface area contributed by atoms with Gasteiger partial charge >= 0.3 is 6.03 Å². The maximum atomic E-state index is 13.0. The van der Waals surface area contributed by atoms with Crippen molar-refractivity contribution in [2.45, 2.75) is 12.8 Å². The second kappa shape index (κ2) is 7.20. The van der Waals surface area contributed by atoms with Crippen LogP contribution in [-0.2, 0) is 0 Å². The number of aromatic amines is 1. The van der Waals surface area contributed by atoms with Gasteiger partial charge in [-0.05, 0) is 50.0 Å². The summed E-state index contributed by atoms with van der Waals surface area (Å²) in [5, 5.41) is 11.7. The van der Waals surface area contributed by atoms with Crippen LogP contribution >= 0.6 is 0 Å². The number of anilines is 1. The van der Waals surface area contributed by atoms with Crippen LogP contribution in [0.3, 0.4) is 0 Å². The Bertz CT molecular complexity index is 981. The van der Waals surface area contributed by atoms with Crippen molar-refractivity contribution in [1.82, 2.24) is 30.4 Å². The summed E-state index contributed by atoms with van der Waals surface area (Å²) >= 11 is 0. The van der Waals surface area contributed by atoms with Crippen molar-refractivity contribution in [2.75, 3.05) is 37.6 Å². The van der Waals surface area contributed by atoms with E-state index in [1.165, 1.54) is 0 Å². The van der Waals surface area contributed by atoms with Gasteiger partial charge in [0.2, 0.25) is 0 Å². The van der Waals surface area contributed by atoms with Gasteiger partial charge in [-0.25, -0.2) is 4.79 Å². The van der Waals surface area contributed by atoms with Crippen LogP contribution in [0, 0.1) is 5.92 Å². The summed E-state index contributed by atoms with van der Waals surface area (Å²) in [5.74, 6) is 1.27. The lowest BCUT2D eigenvalue weighted by molar-refractivity contribution is 0.204. The van der Waals surface area contributed by atoms with Crippen LogP contribution in [0.2, 0.25) is 0 Å². The van der Waals surface area contributed by atoms with E-state index in [1.54, 1.807) is 23.5 Å². The normalized spacial score (nSPS) is 18.4. The third kappa shape index (κ3) is 3.09. The molecule has 2 saturated heterocycles. The average molecular weight is 377 g/mol. The van der Waals surface area contributed by atoms with Crippen molar-refractivity contribution >= 4 is 22.8 Å². The maximum Gasteiger partial charge on any atom is 0.325 e. The van der Waals surface area contributed by atoms with E-state index < -0.39 is 0 Å². The quantitative estimate of drug-likeness (QED) is 0.728. The van der Waals surface area contributed by atoms with E-state index in [0.29, 0.717) is 18.3 Å². The Hall–Kier alpha value is -3.00. The first-order valence-corrected chi connectivity index (χ1v) is 9.81. The Morgan fingerprint density at radius 1 is 1.18 bits per heavy atom. The summed E-state index contributed by atoms with van der Waals surface area (Å²) in [7, 11) is 0. The van der Waals surface area contributed by atoms with Gasteiger partial charge in [0, 0.05) is 43.0 Å². The molecule has 28 heavy (non-hydrogen) atoms. The Balaban J connectivity index is 1.40. The summed E-state index contributed by atoms with van der Waals surface area (Å²) in [5.41, 5.74) is 2.59. The number of carbonyl (C=O) groups excluding carboxylic acids is 1. The number of hydrogen-bond acceptors (Lipinski definition) is 5. The number of piperidine rings is 1. The van der Waals surface area contributed by atoms with E-state index in [0.717, 1.165) is 61.2 Å². The molecule has 0 spiro atoms. The van der Waals surface area contributed by atoms with E-state index in [9.17, 15) is 4.79 Å². The van der Waals surface area contributed by atoms with Gasteiger partial charge in [0.1, 0.15) is 0 Å². The number of nitrogens with one attached hydrogen (secondary N) is 2. The molecule has 0 aliphatic carbocycles. The van der Waals surface area contributed by atoms with E-state index in [4.69, 9.17) is 0 Å². The molecule has 3 aromatic heterocycles. The number of rotatable bonds is 4. The fraction of sp³-hybridized carbons (Fsp3) is 0.400. The summed E-state index contributed by atoms with van der Waals surface area (Å²) in [4.78, 5) is 25.5. The minimum atomic E-state index is 0.0478. The summed E-state index contributed by atoms with van der Waals surface area (Å²) in [6.45, 7) is 4.34. The number of hydrogen-bond donors (Lipinski definition) is 2. The van der Waals surface area contributed by atoms with Crippen molar-refractivity contribution in [1.29, 1.82) is 0 Å². The lowest BCUT2D eigenvalue weighted by Crippen LogP contribution is -2.38. The zero-order chi connectivity index (χ0) is 18.9. The highest BCUT2D eigenvalue weighted by molar-refractivity contribution is 6.02. The molecule has 0 aromatic carbocycles. The minimum Gasteiger partial charge on any atom is -0.322 e. The third-order valence-corrected chi connectivity index (χ3v) is 5.67. The first-order chi connectivity index (χ1) is 13.8. The number of amides is 2. The van der Waals surface area contributed by atoms with Gasteiger partial charge in [0.05, 0.1) is 17.4 Å². The van der Waals surface area contributed by atoms with Crippen molar-refractivity contribution in [3.63, 3.8) is 0 Å². The molecule has 0 saturated carbocycles. The second-order valence-electron chi connectivity index (χ2n) is 7.48. The van der Waals surface area contributed by atoms with Crippen molar-refractivity contribution in [3.8, 4) is 11.3 Å². The highest BCUT2D eigenvalue weighted by atomic mass is 16.2. The lowest BCUT2D eigenvalue weighted by atomic mass is 9.98. The zero-order valence-electron chi connectivity index (χ0n) is 15.6. The molecule has 2 fully saturated rings. The van der Waals surface area contributed by atoms with Crippen molar-refractivity contribution in [2.24, 2.45) is 5.92 Å². The van der Waals surface area contributed by atoms with Gasteiger partial charge in [0.25, 0.3) is 0 Å². The number of carbonyl (C=O) groups is 1. The minimum absolute atomic E-state index is 0.0478. The number of urea groups is 1. The van der Waals surface area contributed by atoms with E-state index in [-0.39, 0.29) is 6.03 Å². The van der Waals surface area contributed by atoms with E-state index in [1.807, 2.05) is 23.1 Å². The fourth-order valence-corrected chi connectivity index (χ4v) is 4.11. The van der Waals surface area contributed by atoms with Crippen LogP contribution < -0.4 is 10.2 Å². The molecule has 3 aromatic rings. The molecule has 2 aliphatic rings. The Morgan fingerprint density at radius 2 is 2.07 bits per heavy atom. The van der Waals surface area contributed by atoms with Crippen LogP contribution in [0.4, 0.5) is 10.6 Å². The molecule has 0 atom stereocenters. The molecule has 8 heteroatoms. The fourth-order valence-electron chi connectivity index (χ4n) is 4.11. The average Bonchev–Trinajstić information content (AvgIpc) is 3.32. The van der Waals surface area contributed by atoms with E-state index in [2.05, 4.69) is 25.5 Å². The van der Waals surface area contributed by atoms with Gasteiger partial charge in [-0.2, -0.15) is 5.10 Å². The van der Waals surface area contributed by atoms with Gasteiger partial charge < -0.3 is 10.2 Å². The van der Waals surface area contributed by atoms with Gasteiger partial charge in [-0.15, -0.1) is 0 Å². The summed E-state index contributed by atoms with van der Waals surface area (Å²) in [6, 6.07) is 5.89. The zero-order valence-corrected chi connectivity index (χ0v) is 15.6. The Morgan fingerprint density at radius 3 is 2.89 bits per heavy atom. The van der Waals surface area contributed by atoms with Gasteiger partial charge in [-0.1, -0.05) is 0 Å². The molecular formula is C20H23N7O. The predicted octanol–water partition coefficient (Wildman–Crippen LogP) is 2.26. The molecule has 5 heterocycles. The second-order valence-corrected chi connectivity index (χ2v) is 7.48. The molecule has 2 amide bonds. The van der Waals surface area contributed by atoms with Crippen LogP contribution in [0.25, 0.3) is 22.2 Å². The van der Waals surface area contributed by atoms with Crippen LogP contribution in [0.15, 0.2) is 36.8 Å². The van der Waals surface area contributed by atoms with Gasteiger partial charge in [0.15, 0.2) is 5.82 Å². The summed E-state index contributed by atoms with van der Waals surface area (Å²) < 4.78 is 0. The molecular weight excluding hydrogens is 354 g/mol. The topological polar surface area (TPSA) is 90.0 Å².